The number of hydrogen-bond donors (Lipinski definition) is 0. The molecule has 0 bridgehead atoms. The van der Waals surface area contributed by atoms with E-state index in [0.29, 0.717) is 6.04 Å². The fraction of sp³-hybridized carbons (Fsp3) is 0.591. The van der Waals surface area contributed by atoms with E-state index in [9.17, 15) is 4.79 Å². The smallest absolute Gasteiger partial charge is 0.298 e. The Labute approximate surface area is 163 Å². The van der Waals surface area contributed by atoms with E-state index in [1.54, 1.807) is 6.92 Å². The molecule has 0 N–H and O–H groups in total. The highest BCUT2D eigenvalue weighted by Crippen LogP contribution is 2.19. The summed E-state index contributed by atoms with van der Waals surface area (Å²) in [6.07, 6.45) is 2.04. The van der Waals surface area contributed by atoms with Crippen LogP contribution in [0.1, 0.15) is 25.3 Å². The van der Waals surface area contributed by atoms with Crippen LogP contribution in [0.4, 0.5) is 0 Å². The molecule has 2 fully saturated rings. The van der Waals surface area contributed by atoms with Gasteiger partial charge >= 0.3 is 0 Å². The summed E-state index contributed by atoms with van der Waals surface area (Å²) < 4.78 is 5.42. The van der Waals surface area contributed by atoms with Crippen LogP contribution in [0.15, 0.2) is 30.3 Å². The lowest BCUT2D eigenvalue weighted by Crippen LogP contribution is -2.50. The molecule has 0 unspecified atom stereocenters. The van der Waals surface area contributed by atoms with Crippen molar-refractivity contribution >= 4 is 5.91 Å². The number of ether oxygens (including phenoxy) is 1. The Bertz CT molecular complexity index is 639. The van der Waals surface area contributed by atoms with Gasteiger partial charge in [-0.25, -0.2) is 0 Å². The summed E-state index contributed by atoms with van der Waals surface area (Å²) in [6, 6.07) is 10.9. The molecule has 0 aliphatic carbocycles. The predicted molar refractivity (Wildman–Crippen MR) is 107 cm³/mol. The average molecular weight is 370 g/mol. The van der Waals surface area contributed by atoms with Gasteiger partial charge in [-0.15, -0.1) is 0 Å². The van der Waals surface area contributed by atoms with Crippen molar-refractivity contribution in [3.8, 4) is 11.8 Å². The maximum Gasteiger partial charge on any atom is 0.298 e. The third-order valence-electron chi connectivity index (χ3n) is 5.50. The summed E-state index contributed by atoms with van der Waals surface area (Å²) in [5, 5.41) is 0. The van der Waals surface area contributed by atoms with E-state index in [0.717, 1.165) is 71.9 Å². The van der Waals surface area contributed by atoms with Gasteiger partial charge in [-0.3, -0.25) is 14.6 Å². The lowest BCUT2D eigenvalue weighted by Gasteiger charge is -2.39. The van der Waals surface area contributed by atoms with Crippen molar-refractivity contribution < 1.29 is 9.53 Å². The molecule has 0 spiro atoms. The highest BCUT2D eigenvalue weighted by atomic mass is 16.5. The summed E-state index contributed by atoms with van der Waals surface area (Å²) in [6.45, 7) is 9.95. The largest absolute Gasteiger partial charge is 0.379 e. The summed E-state index contributed by atoms with van der Waals surface area (Å²) in [5.74, 6) is 5.52. The Morgan fingerprint density at radius 2 is 1.81 bits per heavy atom. The van der Waals surface area contributed by atoms with E-state index < -0.39 is 0 Å². The quantitative estimate of drug-likeness (QED) is 0.717. The van der Waals surface area contributed by atoms with Crippen LogP contribution in [0.25, 0.3) is 0 Å². The van der Waals surface area contributed by atoms with Gasteiger partial charge in [-0.2, -0.15) is 0 Å². The minimum Gasteiger partial charge on any atom is -0.379 e. The van der Waals surface area contributed by atoms with Gasteiger partial charge in [0.1, 0.15) is 0 Å². The Morgan fingerprint density at radius 3 is 2.48 bits per heavy atom. The van der Waals surface area contributed by atoms with E-state index in [1.165, 1.54) is 5.56 Å². The molecule has 0 atom stereocenters. The zero-order chi connectivity index (χ0) is 18.9. The first-order valence-corrected chi connectivity index (χ1v) is 10.1. The fourth-order valence-corrected chi connectivity index (χ4v) is 3.93. The molecule has 3 rings (SSSR count). The second kappa shape index (κ2) is 10.5. The van der Waals surface area contributed by atoms with Crippen LogP contribution in [0.2, 0.25) is 0 Å². The number of carbonyl (C=O) groups is 1. The van der Waals surface area contributed by atoms with Crippen LogP contribution in [0, 0.1) is 11.8 Å². The maximum absolute atomic E-state index is 12.6. The number of nitrogens with zero attached hydrogens (tertiary/aromatic N) is 3. The zero-order valence-electron chi connectivity index (χ0n) is 16.4. The molecule has 2 aliphatic rings. The van der Waals surface area contributed by atoms with Gasteiger partial charge in [0.2, 0.25) is 0 Å². The topological polar surface area (TPSA) is 36.0 Å². The molecule has 5 heteroatoms. The maximum atomic E-state index is 12.6. The molecule has 1 aromatic carbocycles. The highest BCUT2D eigenvalue weighted by molar-refractivity contribution is 5.93. The highest BCUT2D eigenvalue weighted by Gasteiger charge is 2.27. The SMILES string of the molecule is CC#CC(=O)N(CCN1CCOCC1)C1CCN(Cc2ccccc2)CC1. The molecule has 2 heterocycles. The molecule has 27 heavy (non-hydrogen) atoms. The number of carbonyl (C=O) groups excluding carboxylic acids is 1. The number of hydrogen-bond acceptors (Lipinski definition) is 4. The number of amides is 1. The van der Waals surface area contributed by atoms with Crippen LogP contribution in [-0.4, -0.2) is 79.1 Å². The van der Waals surface area contributed by atoms with E-state index in [1.807, 2.05) is 4.90 Å². The number of rotatable bonds is 6. The number of benzene rings is 1. The van der Waals surface area contributed by atoms with Crippen molar-refractivity contribution in [2.45, 2.75) is 32.4 Å². The Morgan fingerprint density at radius 1 is 1.11 bits per heavy atom. The minimum absolute atomic E-state index is 0.0210. The minimum atomic E-state index is -0.0210. The van der Waals surface area contributed by atoms with E-state index in [4.69, 9.17) is 4.74 Å². The third-order valence-corrected chi connectivity index (χ3v) is 5.50. The molecule has 2 aliphatic heterocycles. The Balaban J connectivity index is 1.53. The average Bonchev–Trinajstić information content (AvgIpc) is 2.71. The van der Waals surface area contributed by atoms with Crippen molar-refractivity contribution in [2.24, 2.45) is 0 Å². The van der Waals surface area contributed by atoms with Gasteiger partial charge in [0.05, 0.1) is 13.2 Å². The Kier molecular flexibility index (Phi) is 7.70. The van der Waals surface area contributed by atoms with Gasteiger partial charge in [0.15, 0.2) is 0 Å². The third kappa shape index (κ3) is 6.07. The summed E-state index contributed by atoms with van der Waals surface area (Å²) in [5.41, 5.74) is 1.35. The van der Waals surface area contributed by atoms with Crippen LogP contribution in [-0.2, 0) is 16.1 Å². The summed E-state index contributed by atoms with van der Waals surface area (Å²) in [4.78, 5) is 19.5. The monoisotopic (exact) mass is 369 g/mol. The molecule has 5 nitrogen and oxygen atoms in total. The first kappa shape index (κ1) is 19.9. The molecule has 0 aromatic heterocycles. The number of piperidine rings is 1. The van der Waals surface area contributed by atoms with E-state index in [2.05, 4.69) is 52.0 Å². The summed E-state index contributed by atoms with van der Waals surface area (Å²) >= 11 is 0. The zero-order valence-corrected chi connectivity index (χ0v) is 16.4. The second-order valence-corrected chi connectivity index (χ2v) is 7.32. The molecule has 0 saturated carbocycles. The fourth-order valence-electron chi connectivity index (χ4n) is 3.93. The standard InChI is InChI=1S/C22H31N3O2/c1-2-6-22(26)25(14-13-23-15-17-27-18-16-23)21-9-11-24(12-10-21)19-20-7-4-3-5-8-20/h3-5,7-8,21H,9-19H2,1H3. The van der Waals surface area contributed by atoms with Crippen molar-refractivity contribution in [3.05, 3.63) is 35.9 Å². The summed E-state index contributed by atoms with van der Waals surface area (Å²) in [7, 11) is 0. The van der Waals surface area contributed by atoms with Crippen molar-refractivity contribution in [2.75, 3.05) is 52.5 Å². The van der Waals surface area contributed by atoms with Gasteiger partial charge in [-0.05, 0) is 31.2 Å². The Hall–Kier alpha value is -1.87. The van der Waals surface area contributed by atoms with Crippen LogP contribution in [0.3, 0.4) is 0 Å². The molecule has 2 saturated heterocycles. The second-order valence-electron chi connectivity index (χ2n) is 7.32. The lowest BCUT2D eigenvalue weighted by atomic mass is 10.0. The van der Waals surface area contributed by atoms with Gasteiger partial charge in [0, 0.05) is 51.9 Å². The van der Waals surface area contributed by atoms with Crippen molar-refractivity contribution in [3.63, 3.8) is 0 Å². The molecule has 1 aromatic rings. The molecular formula is C22H31N3O2. The number of morpholine rings is 1. The van der Waals surface area contributed by atoms with Gasteiger partial charge in [0.25, 0.3) is 5.91 Å². The molecule has 1 amide bonds. The first-order chi connectivity index (χ1) is 13.3. The number of likely N-dealkylation sites (tertiary alicyclic amines) is 1. The van der Waals surface area contributed by atoms with Crippen molar-refractivity contribution in [1.29, 1.82) is 0 Å². The van der Waals surface area contributed by atoms with E-state index in [-0.39, 0.29) is 5.91 Å². The van der Waals surface area contributed by atoms with Gasteiger partial charge in [-0.1, -0.05) is 36.3 Å². The van der Waals surface area contributed by atoms with E-state index >= 15 is 0 Å². The van der Waals surface area contributed by atoms with Crippen LogP contribution in [0.5, 0.6) is 0 Å². The normalized spacial score (nSPS) is 19.3. The first-order valence-electron chi connectivity index (χ1n) is 10.1. The lowest BCUT2D eigenvalue weighted by molar-refractivity contribution is -0.128. The molecular weight excluding hydrogens is 338 g/mol. The predicted octanol–water partition coefficient (Wildman–Crippen LogP) is 1.84. The molecule has 146 valence electrons. The van der Waals surface area contributed by atoms with Crippen LogP contribution >= 0.6 is 0 Å². The van der Waals surface area contributed by atoms with Gasteiger partial charge < -0.3 is 9.64 Å². The van der Waals surface area contributed by atoms with Crippen LogP contribution < -0.4 is 0 Å². The van der Waals surface area contributed by atoms with Crippen molar-refractivity contribution in [1.82, 2.24) is 14.7 Å². The molecule has 0 radical (unpaired) electrons.